The van der Waals surface area contributed by atoms with Crippen LogP contribution in [0.1, 0.15) is 21.5 Å². The molecule has 7 heteroatoms. The van der Waals surface area contributed by atoms with E-state index in [1.807, 2.05) is 0 Å². The highest BCUT2D eigenvalue weighted by Crippen LogP contribution is 2.21. The van der Waals surface area contributed by atoms with Crippen molar-refractivity contribution in [2.75, 3.05) is 5.32 Å². The van der Waals surface area contributed by atoms with Crippen LogP contribution < -0.4 is 10.6 Å². The molecule has 0 unspecified atom stereocenters. The second-order valence-corrected chi connectivity index (χ2v) is 5.19. The highest BCUT2D eigenvalue weighted by atomic mass is 16.6. The van der Waals surface area contributed by atoms with Crippen molar-refractivity contribution >= 4 is 29.3 Å². The highest BCUT2D eigenvalue weighted by molar-refractivity contribution is 6.04. The van der Waals surface area contributed by atoms with Crippen LogP contribution in [0.3, 0.4) is 0 Å². The van der Waals surface area contributed by atoms with Crippen molar-refractivity contribution in [3.05, 3.63) is 75.3 Å². The summed E-state index contributed by atoms with van der Waals surface area (Å²) >= 11 is 0. The Labute approximate surface area is 137 Å². The first-order chi connectivity index (χ1) is 11.5. The minimum absolute atomic E-state index is 0.0734. The molecule has 3 rings (SSSR count). The van der Waals surface area contributed by atoms with Gasteiger partial charge in [0.25, 0.3) is 11.6 Å². The summed E-state index contributed by atoms with van der Waals surface area (Å²) in [6.07, 6.45) is 2.60. The van der Waals surface area contributed by atoms with Gasteiger partial charge in [-0.3, -0.25) is 19.7 Å². The van der Waals surface area contributed by atoms with Gasteiger partial charge in [0.05, 0.1) is 10.5 Å². The van der Waals surface area contributed by atoms with E-state index >= 15 is 0 Å². The molecule has 0 aliphatic carbocycles. The lowest BCUT2D eigenvalue weighted by molar-refractivity contribution is -0.385. The zero-order valence-corrected chi connectivity index (χ0v) is 12.5. The number of nitro benzene ring substituents is 1. The highest BCUT2D eigenvalue weighted by Gasteiger charge is 2.18. The first-order valence-corrected chi connectivity index (χ1v) is 7.18. The molecule has 2 amide bonds. The predicted molar refractivity (Wildman–Crippen MR) is 88.4 cm³/mol. The van der Waals surface area contributed by atoms with Crippen molar-refractivity contribution in [2.24, 2.45) is 0 Å². The molecule has 24 heavy (non-hydrogen) atoms. The van der Waals surface area contributed by atoms with Crippen molar-refractivity contribution in [1.82, 2.24) is 5.32 Å². The fourth-order valence-corrected chi connectivity index (χ4v) is 2.43. The Balaban J connectivity index is 1.74. The van der Waals surface area contributed by atoms with Gasteiger partial charge in [-0.05, 0) is 29.8 Å². The number of benzene rings is 2. The number of fused-ring (bicyclic) bond motifs is 1. The van der Waals surface area contributed by atoms with Gasteiger partial charge in [0.2, 0.25) is 5.91 Å². The molecule has 1 heterocycles. The van der Waals surface area contributed by atoms with E-state index in [1.165, 1.54) is 18.2 Å². The molecule has 0 radical (unpaired) electrons. The first kappa shape index (κ1) is 15.4. The molecule has 0 saturated heterocycles. The fraction of sp³-hybridized carbons (Fsp3) is 0.0588. The maximum absolute atomic E-state index is 12.0. The van der Waals surface area contributed by atoms with Crippen LogP contribution in [-0.4, -0.2) is 16.7 Å². The summed E-state index contributed by atoms with van der Waals surface area (Å²) in [6.45, 7) is 0.486. The zero-order chi connectivity index (χ0) is 17.1. The number of rotatable bonds is 4. The molecule has 1 aliphatic rings. The lowest BCUT2D eigenvalue weighted by atomic mass is 10.1. The fourth-order valence-electron chi connectivity index (χ4n) is 2.43. The largest absolute Gasteiger partial charge is 0.348 e. The van der Waals surface area contributed by atoms with Gasteiger partial charge in [-0.2, -0.15) is 0 Å². The van der Waals surface area contributed by atoms with Crippen LogP contribution in [0.2, 0.25) is 0 Å². The maximum atomic E-state index is 12.0. The van der Waals surface area contributed by atoms with Gasteiger partial charge in [0.15, 0.2) is 0 Å². The third-order valence-electron chi connectivity index (χ3n) is 3.61. The number of nitrogens with zero attached hydrogens (tertiary/aromatic N) is 1. The molecule has 0 bridgehead atoms. The lowest BCUT2D eigenvalue weighted by Crippen LogP contribution is -2.13. The topological polar surface area (TPSA) is 101 Å². The molecule has 2 aromatic rings. The summed E-state index contributed by atoms with van der Waals surface area (Å²) in [5, 5.41) is 16.3. The monoisotopic (exact) mass is 323 g/mol. The number of nitrogens with one attached hydrogen (secondary N) is 2. The second kappa shape index (κ2) is 6.33. The first-order valence-electron chi connectivity index (χ1n) is 7.18. The molecule has 0 fully saturated rings. The molecule has 120 valence electrons. The van der Waals surface area contributed by atoms with Gasteiger partial charge in [-0.1, -0.05) is 18.2 Å². The number of carbonyl (C=O) groups is 2. The van der Waals surface area contributed by atoms with E-state index < -0.39 is 10.8 Å². The number of anilines is 1. The van der Waals surface area contributed by atoms with Crippen molar-refractivity contribution in [3.63, 3.8) is 0 Å². The van der Waals surface area contributed by atoms with Crippen molar-refractivity contribution in [2.45, 2.75) is 6.54 Å². The minimum atomic E-state index is -0.503. The minimum Gasteiger partial charge on any atom is -0.348 e. The molecule has 7 nitrogen and oxygen atoms in total. The van der Waals surface area contributed by atoms with E-state index in [2.05, 4.69) is 10.6 Å². The molecule has 0 aromatic heterocycles. The standard InChI is InChI=1S/C17H13N3O4/c21-16(8-6-11-3-1-2-4-15(11)20(23)24)19-13-7-5-12-10-18-17(22)14(12)9-13/h1-9H,10H2,(H,18,22)(H,19,21). The van der Waals surface area contributed by atoms with E-state index in [0.29, 0.717) is 23.4 Å². The van der Waals surface area contributed by atoms with Crippen LogP contribution in [-0.2, 0) is 11.3 Å². The Morgan fingerprint density at radius 3 is 2.83 bits per heavy atom. The van der Waals surface area contributed by atoms with E-state index in [4.69, 9.17) is 0 Å². The lowest BCUT2D eigenvalue weighted by Gasteiger charge is -2.04. The van der Waals surface area contributed by atoms with Gasteiger partial charge >= 0.3 is 0 Å². The van der Waals surface area contributed by atoms with Gasteiger partial charge in [-0.15, -0.1) is 0 Å². The number of para-hydroxylation sites is 1. The summed E-state index contributed by atoms with van der Waals surface area (Å²) in [5.74, 6) is -0.608. The Morgan fingerprint density at radius 2 is 2.04 bits per heavy atom. The third kappa shape index (κ3) is 3.14. The normalized spacial score (nSPS) is 12.8. The Morgan fingerprint density at radius 1 is 1.25 bits per heavy atom. The summed E-state index contributed by atoms with van der Waals surface area (Å²) in [6, 6.07) is 11.2. The van der Waals surface area contributed by atoms with Crippen LogP contribution in [0.15, 0.2) is 48.5 Å². The Hall–Kier alpha value is -3.48. The SMILES string of the molecule is O=C(C=Cc1ccccc1[N+](=O)[O-])Nc1ccc2c(c1)C(=O)NC2. The number of hydrogen-bond acceptors (Lipinski definition) is 4. The number of nitro groups is 1. The van der Waals surface area contributed by atoms with Crippen LogP contribution in [0.25, 0.3) is 6.08 Å². The van der Waals surface area contributed by atoms with Crippen molar-refractivity contribution < 1.29 is 14.5 Å². The summed E-state index contributed by atoms with van der Waals surface area (Å²) in [5.41, 5.74) is 2.17. The summed E-state index contributed by atoms with van der Waals surface area (Å²) in [4.78, 5) is 34.0. The molecule has 0 saturated carbocycles. The molecule has 2 N–H and O–H groups in total. The molecular formula is C17H13N3O4. The average Bonchev–Trinajstić information content (AvgIpc) is 2.94. The quantitative estimate of drug-likeness (QED) is 0.513. The van der Waals surface area contributed by atoms with E-state index in [0.717, 1.165) is 5.56 Å². The Kier molecular flexibility index (Phi) is 4.07. The van der Waals surface area contributed by atoms with Crippen LogP contribution in [0, 0.1) is 10.1 Å². The predicted octanol–water partition coefficient (Wildman–Crippen LogP) is 2.49. The van der Waals surface area contributed by atoms with Crippen LogP contribution in [0.4, 0.5) is 11.4 Å². The number of hydrogen-bond donors (Lipinski definition) is 2. The van der Waals surface area contributed by atoms with Crippen molar-refractivity contribution in [1.29, 1.82) is 0 Å². The van der Waals surface area contributed by atoms with Crippen molar-refractivity contribution in [3.8, 4) is 0 Å². The molecule has 0 spiro atoms. The summed E-state index contributed by atoms with van der Waals surface area (Å²) < 4.78 is 0. The van der Waals surface area contributed by atoms with Gasteiger partial charge in [-0.25, -0.2) is 0 Å². The molecular weight excluding hydrogens is 310 g/mol. The smallest absolute Gasteiger partial charge is 0.276 e. The van der Waals surface area contributed by atoms with Crippen LogP contribution in [0.5, 0.6) is 0 Å². The molecule has 2 aromatic carbocycles. The summed E-state index contributed by atoms with van der Waals surface area (Å²) in [7, 11) is 0. The van der Waals surface area contributed by atoms with Gasteiger partial charge in [0, 0.05) is 29.9 Å². The zero-order valence-electron chi connectivity index (χ0n) is 12.5. The maximum Gasteiger partial charge on any atom is 0.276 e. The van der Waals surface area contributed by atoms with Crippen LogP contribution >= 0.6 is 0 Å². The Bertz CT molecular complexity index is 874. The molecule has 0 atom stereocenters. The van der Waals surface area contributed by atoms with E-state index in [9.17, 15) is 19.7 Å². The van der Waals surface area contributed by atoms with E-state index in [1.54, 1.807) is 36.4 Å². The number of amides is 2. The second-order valence-electron chi connectivity index (χ2n) is 5.19. The number of carbonyl (C=O) groups excluding carboxylic acids is 2. The average molecular weight is 323 g/mol. The van der Waals surface area contributed by atoms with Gasteiger partial charge in [0.1, 0.15) is 0 Å². The van der Waals surface area contributed by atoms with Gasteiger partial charge < -0.3 is 10.6 Å². The third-order valence-corrected chi connectivity index (χ3v) is 3.61. The van der Waals surface area contributed by atoms with E-state index in [-0.39, 0.29) is 11.6 Å². The molecule has 1 aliphatic heterocycles.